The van der Waals surface area contributed by atoms with Crippen molar-refractivity contribution < 1.29 is 0 Å². The number of para-hydroxylation sites is 1. The molecule has 0 atom stereocenters. The molecule has 0 aliphatic rings. The van der Waals surface area contributed by atoms with Gasteiger partial charge < -0.3 is 5.32 Å². The maximum Gasteiger partial charge on any atom is 0.0379 e. The second-order valence-corrected chi connectivity index (χ2v) is 3.41. The molecular weight excluding hydrogens is 170 g/mol. The summed E-state index contributed by atoms with van der Waals surface area (Å²) in [6.07, 6.45) is 9.32. The maximum absolute atomic E-state index is 3.24. The molecule has 0 spiro atoms. The van der Waals surface area contributed by atoms with Crippen LogP contribution in [0, 0.1) is 0 Å². The number of nitrogens with one attached hydrogen (secondary N) is 1. The van der Waals surface area contributed by atoms with Crippen molar-refractivity contribution in [2.45, 2.75) is 32.6 Å². The van der Waals surface area contributed by atoms with Gasteiger partial charge in [-0.25, -0.2) is 0 Å². The van der Waals surface area contributed by atoms with Crippen molar-refractivity contribution in [1.82, 2.24) is 0 Å². The lowest BCUT2D eigenvalue weighted by molar-refractivity contribution is 0.729. The molecule has 0 heterocycles. The van der Waals surface area contributed by atoms with E-state index >= 15 is 0 Å². The Kier molecular flexibility index (Phi) is 5.57. The summed E-state index contributed by atoms with van der Waals surface area (Å²) in [5.74, 6) is 0. The smallest absolute Gasteiger partial charge is 0.0379 e. The summed E-state index contributed by atoms with van der Waals surface area (Å²) >= 11 is 0. The molecule has 1 nitrogen and oxygen atoms in total. The van der Waals surface area contributed by atoms with E-state index in [0.29, 0.717) is 0 Å². The first-order valence-electron chi connectivity index (χ1n) is 5.40. The Balaban J connectivity index is 2.14. The molecule has 76 valence electrons. The summed E-state index contributed by atoms with van der Waals surface area (Å²) in [6, 6.07) is 10.2. The van der Waals surface area contributed by atoms with Crippen molar-refractivity contribution in [1.29, 1.82) is 0 Å². The van der Waals surface area contributed by atoms with Crippen LogP contribution < -0.4 is 5.32 Å². The second-order valence-electron chi connectivity index (χ2n) is 3.41. The summed E-state index contributed by atoms with van der Waals surface area (Å²) in [7, 11) is 0. The van der Waals surface area contributed by atoms with Crippen LogP contribution in [-0.4, -0.2) is 0 Å². The number of hydrogen-bond acceptors (Lipinski definition) is 1. The van der Waals surface area contributed by atoms with Gasteiger partial charge in [-0.1, -0.05) is 44.0 Å². The Bertz CT molecular complexity index is 251. The van der Waals surface area contributed by atoms with Gasteiger partial charge in [-0.15, -0.1) is 0 Å². The fraction of sp³-hybridized carbons (Fsp3) is 0.385. The molecule has 14 heavy (non-hydrogen) atoms. The Morgan fingerprint density at radius 1 is 1.14 bits per heavy atom. The fourth-order valence-corrected chi connectivity index (χ4v) is 1.29. The van der Waals surface area contributed by atoms with Crippen LogP contribution in [0.25, 0.3) is 0 Å². The zero-order chi connectivity index (χ0) is 10.1. The number of unbranched alkanes of at least 4 members (excludes halogenated alkanes) is 3. The Morgan fingerprint density at radius 2 is 1.93 bits per heavy atom. The van der Waals surface area contributed by atoms with Gasteiger partial charge in [0, 0.05) is 5.69 Å². The Morgan fingerprint density at radius 3 is 2.64 bits per heavy atom. The van der Waals surface area contributed by atoms with E-state index in [1.165, 1.54) is 25.7 Å². The van der Waals surface area contributed by atoms with Crippen molar-refractivity contribution in [3.63, 3.8) is 0 Å². The van der Waals surface area contributed by atoms with Gasteiger partial charge in [-0.05, 0) is 31.2 Å². The van der Waals surface area contributed by atoms with E-state index in [2.05, 4.69) is 30.4 Å². The van der Waals surface area contributed by atoms with Crippen molar-refractivity contribution in [3.05, 3.63) is 42.6 Å². The lowest BCUT2D eigenvalue weighted by atomic mass is 10.2. The summed E-state index contributed by atoms with van der Waals surface area (Å²) in [4.78, 5) is 0. The first-order valence-corrected chi connectivity index (χ1v) is 5.40. The van der Waals surface area contributed by atoms with Crippen LogP contribution in [0.1, 0.15) is 32.6 Å². The highest BCUT2D eigenvalue weighted by Crippen LogP contribution is 2.05. The molecule has 0 saturated heterocycles. The molecule has 0 saturated carbocycles. The number of allylic oxidation sites excluding steroid dienone is 1. The van der Waals surface area contributed by atoms with Gasteiger partial charge in [0.05, 0.1) is 0 Å². The standard InChI is InChI=1S/C13H19N/c1-2-3-4-5-9-12-14-13-10-7-6-8-11-13/h6-12,14H,2-5H2,1H3. The molecule has 1 aromatic rings. The second kappa shape index (κ2) is 7.19. The SMILES string of the molecule is CCCCCC=CNc1ccccc1. The molecule has 1 aromatic carbocycles. The summed E-state index contributed by atoms with van der Waals surface area (Å²) in [5.41, 5.74) is 1.15. The average molecular weight is 189 g/mol. The maximum atomic E-state index is 3.24. The van der Waals surface area contributed by atoms with Gasteiger partial charge in [0.2, 0.25) is 0 Å². The molecule has 0 unspecified atom stereocenters. The summed E-state index contributed by atoms with van der Waals surface area (Å²) < 4.78 is 0. The normalized spacial score (nSPS) is 10.6. The van der Waals surface area contributed by atoms with Crippen LogP contribution in [0.15, 0.2) is 42.6 Å². The summed E-state index contributed by atoms with van der Waals surface area (Å²) in [5, 5.41) is 3.24. The van der Waals surface area contributed by atoms with Crippen LogP contribution in [0.2, 0.25) is 0 Å². The molecule has 1 rings (SSSR count). The number of benzene rings is 1. The van der Waals surface area contributed by atoms with E-state index in [0.717, 1.165) is 5.69 Å². The van der Waals surface area contributed by atoms with Gasteiger partial charge in [0.15, 0.2) is 0 Å². The zero-order valence-corrected chi connectivity index (χ0v) is 8.87. The van der Waals surface area contributed by atoms with Gasteiger partial charge in [-0.3, -0.25) is 0 Å². The highest BCUT2D eigenvalue weighted by Gasteiger charge is 1.84. The van der Waals surface area contributed by atoms with E-state index in [4.69, 9.17) is 0 Å². The molecule has 0 aliphatic carbocycles. The molecule has 0 radical (unpaired) electrons. The topological polar surface area (TPSA) is 12.0 Å². The van der Waals surface area contributed by atoms with E-state index < -0.39 is 0 Å². The van der Waals surface area contributed by atoms with Crippen molar-refractivity contribution in [3.8, 4) is 0 Å². The third-order valence-electron chi connectivity index (χ3n) is 2.12. The predicted molar refractivity (Wildman–Crippen MR) is 63.3 cm³/mol. The third kappa shape index (κ3) is 4.70. The van der Waals surface area contributed by atoms with E-state index in [-0.39, 0.29) is 0 Å². The minimum Gasteiger partial charge on any atom is -0.362 e. The molecule has 0 bridgehead atoms. The van der Waals surface area contributed by atoms with Crippen LogP contribution >= 0.6 is 0 Å². The minimum atomic E-state index is 1.15. The predicted octanol–water partition coefficient (Wildman–Crippen LogP) is 4.19. The van der Waals surface area contributed by atoms with E-state index in [9.17, 15) is 0 Å². The quantitative estimate of drug-likeness (QED) is 0.661. The number of anilines is 1. The molecule has 1 N–H and O–H groups in total. The van der Waals surface area contributed by atoms with Gasteiger partial charge in [0.1, 0.15) is 0 Å². The van der Waals surface area contributed by atoms with Crippen LogP contribution in [0.3, 0.4) is 0 Å². The minimum absolute atomic E-state index is 1.15. The highest BCUT2D eigenvalue weighted by molar-refractivity contribution is 5.44. The lowest BCUT2D eigenvalue weighted by Gasteiger charge is -1.98. The van der Waals surface area contributed by atoms with Gasteiger partial charge in [0.25, 0.3) is 0 Å². The number of hydrogen-bond donors (Lipinski definition) is 1. The van der Waals surface area contributed by atoms with Crippen LogP contribution in [0.5, 0.6) is 0 Å². The average Bonchev–Trinajstić information content (AvgIpc) is 2.25. The van der Waals surface area contributed by atoms with Crippen molar-refractivity contribution >= 4 is 5.69 Å². The van der Waals surface area contributed by atoms with E-state index in [1.807, 2.05) is 24.4 Å². The number of rotatable bonds is 6. The third-order valence-corrected chi connectivity index (χ3v) is 2.12. The molecule has 1 heteroatoms. The summed E-state index contributed by atoms with van der Waals surface area (Å²) in [6.45, 7) is 2.23. The van der Waals surface area contributed by atoms with E-state index in [1.54, 1.807) is 0 Å². The monoisotopic (exact) mass is 189 g/mol. The largest absolute Gasteiger partial charge is 0.362 e. The van der Waals surface area contributed by atoms with Gasteiger partial charge >= 0.3 is 0 Å². The Hall–Kier alpha value is -1.24. The van der Waals surface area contributed by atoms with Crippen LogP contribution in [-0.2, 0) is 0 Å². The zero-order valence-electron chi connectivity index (χ0n) is 8.87. The first kappa shape index (κ1) is 10.8. The lowest BCUT2D eigenvalue weighted by Crippen LogP contribution is -1.85. The van der Waals surface area contributed by atoms with Gasteiger partial charge in [-0.2, -0.15) is 0 Å². The molecule has 0 fully saturated rings. The van der Waals surface area contributed by atoms with Crippen LogP contribution in [0.4, 0.5) is 5.69 Å². The molecule has 0 amide bonds. The Labute approximate surface area is 86.8 Å². The van der Waals surface area contributed by atoms with Crippen molar-refractivity contribution in [2.75, 3.05) is 5.32 Å². The molecule has 0 aromatic heterocycles. The molecular formula is C13H19N. The molecule has 0 aliphatic heterocycles. The highest BCUT2D eigenvalue weighted by atomic mass is 14.8. The van der Waals surface area contributed by atoms with Crippen molar-refractivity contribution in [2.24, 2.45) is 0 Å². The first-order chi connectivity index (χ1) is 6.93. The fourth-order valence-electron chi connectivity index (χ4n) is 1.29.